The summed E-state index contributed by atoms with van der Waals surface area (Å²) in [5.74, 6) is -1.28. The number of aryl methyl sites for hydroxylation is 2. The number of amides is 2. The fourth-order valence-corrected chi connectivity index (χ4v) is 4.56. The van der Waals surface area contributed by atoms with Crippen LogP contribution in [0.4, 0.5) is 0 Å². The Morgan fingerprint density at radius 1 is 1.38 bits per heavy atom. The monoisotopic (exact) mass is 418 g/mol. The summed E-state index contributed by atoms with van der Waals surface area (Å²) in [5, 5.41) is 15.8. The van der Waals surface area contributed by atoms with Crippen LogP contribution >= 0.6 is 11.3 Å². The molecular weight excluding hydrogens is 388 g/mol. The molecule has 1 aliphatic heterocycles. The van der Waals surface area contributed by atoms with Gasteiger partial charge in [-0.25, -0.2) is 4.98 Å². The number of hydrogen-bond acceptors (Lipinski definition) is 6. The van der Waals surface area contributed by atoms with Crippen LogP contribution in [-0.4, -0.2) is 35.2 Å². The van der Waals surface area contributed by atoms with E-state index in [0.29, 0.717) is 30.0 Å². The summed E-state index contributed by atoms with van der Waals surface area (Å²) in [6.45, 7) is 10.3. The first-order valence-electron chi connectivity index (χ1n) is 9.95. The van der Waals surface area contributed by atoms with E-state index in [2.05, 4.69) is 21.7 Å². The number of carbonyl (C=O) groups excluding carboxylic acids is 3. The van der Waals surface area contributed by atoms with Crippen LogP contribution in [0.15, 0.2) is 0 Å². The summed E-state index contributed by atoms with van der Waals surface area (Å²) >= 11 is 1.34. The van der Waals surface area contributed by atoms with Crippen molar-refractivity contribution in [3.8, 4) is 6.07 Å². The van der Waals surface area contributed by atoms with Crippen LogP contribution in [-0.2, 0) is 9.59 Å². The summed E-state index contributed by atoms with van der Waals surface area (Å²) in [6.07, 6.45) is 1.55. The van der Waals surface area contributed by atoms with Crippen molar-refractivity contribution in [3.63, 3.8) is 0 Å². The van der Waals surface area contributed by atoms with E-state index in [4.69, 9.17) is 0 Å². The van der Waals surface area contributed by atoms with E-state index in [1.807, 2.05) is 27.7 Å². The van der Waals surface area contributed by atoms with Crippen molar-refractivity contribution in [2.45, 2.75) is 66.3 Å². The third-order valence-corrected chi connectivity index (χ3v) is 6.09. The molecular formula is C21H30N4O3S. The van der Waals surface area contributed by atoms with E-state index in [0.717, 1.165) is 5.01 Å². The number of hydrogen-bond donors (Lipinski definition) is 2. The summed E-state index contributed by atoms with van der Waals surface area (Å²) in [7, 11) is 0. The third-order valence-electron chi connectivity index (χ3n) is 4.97. The lowest BCUT2D eigenvalue weighted by atomic mass is 9.81. The van der Waals surface area contributed by atoms with E-state index in [1.54, 1.807) is 6.92 Å². The molecule has 0 unspecified atom stereocenters. The fraction of sp³-hybridized carbons (Fsp3) is 0.667. The zero-order valence-corrected chi connectivity index (χ0v) is 18.6. The van der Waals surface area contributed by atoms with Crippen LogP contribution in [0.5, 0.6) is 0 Å². The Balaban J connectivity index is 2.10. The van der Waals surface area contributed by atoms with Crippen molar-refractivity contribution in [2.24, 2.45) is 17.3 Å². The van der Waals surface area contributed by atoms with E-state index in [9.17, 15) is 19.6 Å². The lowest BCUT2D eigenvalue weighted by Crippen LogP contribution is -2.41. The minimum Gasteiger partial charge on any atom is -0.356 e. The highest BCUT2D eigenvalue weighted by Gasteiger charge is 2.32. The number of aromatic nitrogens is 1. The molecule has 1 aromatic heterocycles. The molecule has 0 aromatic carbocycles. The van der Waals surface area contributed by atoms with Crippen molar-refractivity contribution in [3.05, 3.63) is 15.6 Å². The second-order valence-electron chi connectivity index (χ2n) is 8.94. The van der Waals surface area contributed by atoms with E-state index < -0.39 is 12.0 Å². The Morgan fingerprint density at radius 2 is 2.07 bits per heavy atom. The SMILES string of the molecule is Cc1nc(C)c(C(=O)C[C@@H](CC(C)(C)C)C(=O)N[C@H](C#N)C[C@@H]2CCNC2=O)s1. The van der Waals surface area contributed by atoms with Crippen LogP contribution < -0.4 is 10.6 Å². The number of nitrogens with zero attached hydrogens (tertiary/aromatic N) is 2. The molecule has 0 radical (unpaired) electrons. The molecule has 1 aromatic rings. The maximum atomic E-state index is 13.0. The van der Waals surface area contributed by atoms with Crippen molar-refractivity contribution < 1.29 is 14.4 Å². The Bertz CT molecular complexity index is 819. The van der Waals surface area contributed by atoms with Gasteiger partial charge in [0.15, 0.2) is 5.78 Å². The average Bonchev–Trinajstić information content (AvgIpc) is 3.16. The molecule has 0 bridgehead atoms. The minimum absolute atomic E-state index is 0.0723. The molecule has 29 heavy (non-hydrogen) atoms. The Labute approximate surface area is 176 Å². The number of rotatable bonds is 8. The molecule has 1 fully saturated rings. The van der Waals surface area contributed by atoms with E-state index >= 15 is 0 Å². The van der Waals surface area contributed by atoms with Crippen LogP contribution in [0.3, 0.4) is 0 Å². The summed E-state index contributed by atoms with van der Waals surface area (Å²) in [5.41, 5.74) is 0.531. The number of nitriles is 1. The predicted octanol–water partition coefficient (Wildman–Crippen LogP) is 2.92. The summed E-state index contributed by atoms with van der Waals surface area (Å²) < 4.78 is 0. The molecule has 2 N–H and O–H groups in total. The molecule has 2 amide bonds. The van der Waals surface area contributed by atoms with Crippen LogP contribution in [0, 0.1) is 42.4 Å². The normalized spacial score (nSPS) is 18.6. The zero-order chi connectivity index (χ0) is 21.8. The van der Waals surface area contributed by atoms with Crippen molar-refractivity contribution in [2.75, 3.05) is 6.54 Å². The van der Waals surface area contributed by atoms with Gasteiger partial charge in [0.1, 0.15) is 6.04 Å². The lowest BCUT2D eigenvalue weighted by Gasteiger charge is -2.26. The topological polar surface area (TPSA) is 112 Å². The second kappa shape index (κ2) is 9.49. The van der Waals surface area contributed by atoms with Gasteiger partial charge in [0.2, 0.25) is 11.8 Å². The van der Waals surface area contributed by atoms with Crippen LogP contribution in [0.1, 0.15) is 66.8 Å². The van der Waals surface area contributed by atoms with Gasteiger partial charge in [-0.1, -0.05) is 20.8 Å². The van der Waals surface area contributed by atoms with E-state index in [-0.39, 0.29) is 41.8 Å². The Morgan fingerprint density at radius 3 is 2.55 bits per heavy atom. The van der Waals surface area contributed by atoms with Gasteiger partial charge in [-0.2, -0.15) is 5.26 Å². The molecule has 8 heteroatoms. The van der Waals surface area contributed by atoms with Gasteiger partial charge in [0.25, 0.3) is 0 Å². The van der Waals surface area contributed by atoms with Gasteiger partial charge in [-0.15, -0.1) is 11.3 Å². The predicted molar refractivity (Wildman–Crippen MR) is 111 cm³/mol. The fourth-order valence-electron chi connectivity index (χ4n) is 3.69. The highest BCUT2D eigenvalue weighted by molar-refractivity contribution is 7.13. The largest absolute Gasteiger partial charge is 0.356 e. The molecule has 0 aliphatic carbocycles. The molecule has 1 saturated heterocycles. The Hall–Kier alpha value is -2.27. The van der Waals surface area contributed by atoms with Crippen LogP contribution in [0.2, 0.25) is 0 Å². The van der Waals surface area contributed by atoms with Crippen LogP contribution in [0.25, 0.3) is 0 Å². The van der Waals surface area contributed by atoms with Gasteiger partial charge in [0.05, 0.1) is 21.6 Å². The van der Waals surface area contributed by atoms with Gasteiger partial charge >= 0.3 is 0 Å². The maximum Gasteiger partial charge on any atom is 0.224 e. The molecule has 158 valence electrons. The molecule has 2 rings (SSSR count). The molecule has 3 atom stereocenters. The van der Waals surface area contributed by atoms with Gasteiger partial charge < -0.3 is 10.6 Å². The molecule has 0 saturated carbocycles. The highest BCUT2D eigenvalue weighted by atomic mass is 32.1. The van der Waals surface area contributed by atoms with Gasteiger partial charge in [-0.05, 0) is 38.5 Å². The van der Waals surface area contributed by atoms with E-state index in [1.165, 1.54) is 11.3 Å². The first-order chi connectivity index (χ1) is 13.5. The number of Topliss-reactive ketones (excluding diaryl/α,β-unsaturated/α-hetero) is 1. The van der Waals surface area contributed by atoms with Crippen molar-refractivity contribution >= 4 is 28.9 Å². The zero-order valence-electron chi connectivity index (χ0n) is 17.8. The first-order valence-corrected chi connectivity index (χ1v) is 10.8. The van der Waals surface area contributed by atoms with Gasteiger partial charge in [-0.3, -0.25) is 14.4 Å². The highest BCUT2D eigenvalue weighted by Crippen LogP contribution is 2.29. The second-order valence-corrected chi connectivity index (χ2v) is 10.1. The Kier molecular flexibility index (Phi) is 7.53. The summed E-state index contributed by atoms with van der Waals surface area (Å²) in [6, 6.07) is 1.34. The molecule has 2 heterocycles. The number of ketones is 1. The van der Waals surface area contributed by atoms with Crippen molar-refractivity contribution in [1.82, 2.24) is 15.6 Å². The third kappa shape index (κ3) is 6.64. The number of carbonyl (C=O) groups is 3. The smallest absolute Gasteiger partial charge is 0.224 e. The lowest BCUT2D eigenvalue weighted by molar-refractivity contribution is -0.127. The minimum atomic E-state index is -0.749. The standard InChI is InChI=1S/C21H30N4O3S/c1-12-18(29-13(2)24-12)17(26)9-15(10-21(3,4)5)20(28)25-16(11-22)8-14-6-7-23-19(14)27/h14-16H,6-10H2,1-5H3,(H,23,27)(H,25,28)/t14-,15-,16-/m0/s1. The van der Waals surface area contributed by atoms with Gasteiger partial charge in [0, 0.05) is 24.8 Å². The number of thiazole rings is 1. The number of nitrogens with one attached hydrogen (secondary N) is 2. The first kappa shape index (κ1) is 23.0. The summed E-state index contributed by atoms with van der Waals surface area (Å²) in [4.78, 5) is 42.5. The molecule has 0 spiro atoms. The molecule has 7 nitrogen and oxygen atoms in total. The molecule has 1 aliphatic rings. The average molecular weight is 419 g/mol. The van der Waals surface area contributed by atoms with Crippen molar-refractivity contribution in [1.29, 1.82) is 5.26 Å². The quantitative estimate of drug-likeness (QED) is 0.631. The maximum absolute atomic E-state index is 13.0.